The molecule has 1 heterocycles. The molecule has 0 fully saturated rings. The molecule has 176 valence electrons. The Kier molecular flexibility index (Phi) is 7.23. The van der Waals surface area contributed by atoms with Crippen molar-refractivity contribution >= 4 is 23.6 Å². The maximum Gasteiger partial charge on any atom is 0.411 e. The monoisotopic (exact) mass is 455 g/mol. The third kappa shape index (κ3) is 6.23. The molecule has 9 nitrogen and oxygen atoms in total. The number of anilines is 1. The summed E-state index contributed by atoms with van der Waals surface area (Å²) in [6.45, 7) is 6.98. The number of ether oxygens (including phenoxy) is 2. The number of fused-ring (bicyclic) bond motifs is 1. The largest absolute Gasteiger partial charge is 0.484 e. The van der Waals surface area contributed by atoms with Crippen LogP contribution in [0.4, 0.5) is 10.5 Å². The summed E-state index contributed by atoms with van der Waals surface area (Å²) in [7, 11) is 0. The van der Waals surface area contributed by atoms with E-state index in [1.54, 1.807) is 32.9 Å². The van der Waals surface area contributed by atoms with E-state index in [4.69, 9.17) is 14.7 Å². The number of carbonyl (C=O) groups is 3. The first kappa shape index (κ1) is 24.1. The van der Waals surface area contributed by atoms with Crippen molar-refractivity contribution in [3.8, 4) is 5.75 Å². The lowest BCUT2D eigenvalue weighted by molar-refractivity contribution is -0.131. The lowest BCUT2D eigenvalue weighted by Crippen LogP contribution is -2.52. The van der Waals surface area contributed by atoms with E-state index in [0.29, 0.717) is 17.9 Å². The molecule has 0 radical (unpaired) electrons. The van der Waals surface area contributed by atoms with Crippen molar-refractivity contribution < 1.29 is 29.1 Å². The van der Waals surface area contributed by atoms with Crippen LogP contribution in [0.2, 0.25) is 0 Å². The van der Waals surface area contributed by atoms with Crippen molar-refractivity contribution in [1.82, 2.24) is 10.4 Å². The molecule has 2 aromatic carbocycles. The van der Waals surface area contributed by atoms with Gasteiger partial charge in [-0.1, -0.05) is 24.3 Å². The molecule has 0 spiro atoms. The summed E-state index contributed by atoms with van der Waals surface area (Å²) < 4.78 is 10.9. The van der Waals surface area contributed by atoms with Crippen molar-refractivity contribution in [3.05, 3.63) is 59.2 Å². The molecule has 3 N–H and O–H groups in total. The van der Waals surface area contributed by atoms with Gasteiger partial charge >= 0.3 is 6.09 Å². The molecular formula is C24H29N3O6. The Balaban J connectivity index is 1.86. The molecule has 33 heavy (non-hydrogen) atoms. The third-order valence-corrected chi connectivity index (χ3v) is 5.14. The number of nitrogens with one attached hydrogen (secondary N) is 2. The van der Waals surface area contributed by atoms with Crippen LogP contribution in [-0.2, 0) is 27.3 Å². The molecule has 1 atom stereocenters. The molecule has 9 heteroatoms. The number of amides is 3. The third-order valence-electron chi connectivity index (χ3n) is 5.14. The van der Waals surface area contributed by atoms with Crippen LogP contribution in [-0.4, -0.2) is 46.3 Å². The van der Waals surface area contributed by atoms with Crippen LogP contribution < -0.4 is 15.5 Å². The number of hydroxylamine groups is 1. The number of nitrogens with zero attached hydrogens (tertiary/aromatic N) is 1. The van der Waals surface area contributed by atoms with Crippen LogP contribution in [0, 0.1) is 6.92 Å². The molecule has 0 bridgehead atoms. The van der Waals surface area contributed by atoms with E-state index < -0.39 is 23.6 Å². The van der Waals surface area contributed by atoms with E-state index in [9.17, 15) is 14.4 Å². The van der Waals surface area contributed by atoms with Gasteiger partial charge in [0, 0.05) is 12.1 Å². The van der Waals surface area contributed by atoms with Crippen LogP contribution in [0.5, 0.6) is 5.75 Å². The Morgan fingerprint density at radius 3 is 2.52 bits per heavy atom. The second kappa shape index (κ2) is 9.91. The molecule has 1 aliphatic heterocycles. The van der Waals surface area contributed by atoms with Gasteiger partial charge in [-0.15, -0.1) is 0 Å². The van der Waals surface area contributed by atoms with Crippen LogP contribution in [0.25, 0.3) is 0 Å². The van der Waals surface area contributed by atoms with Crippen molar-refractivity contribution in [3.63, 3.8) is 0 Å². The van der Waals surface area contributed by atoms with Gasteiger partial charge in [-0.05, 0) is 62.6 Å². The van der Waals surface area contributed by atoms with Gasteiger partial charge < -0.3 is 14.8 Å². The fraction of sp³-hybridized carbons (Fsp3) is 0.375. The summed E-state index contributed by atoms with van der Waals surface area (Å²) in [5.74, 6) is -0.582. The standard InChI is InChI=1S/C24H29N3O6/c1-15-7-5-6-8-19(15)25-22(29)20-12-16-9-10-18(32-14-21(28)26-31)11-17(16)13-27(20)23(30)33-24(2,3)4/h5-11,20,31H,12-14H2,1-4H3,(H,25,29)(H,26,28)/t20-/m0/s1. The van der Waals surface area contributed by atoms with Crippen LogP contribution in [0.15, 0.2) is 42.5 Å². The molecule has 0 aliphatic carbocycles. The Morgan fingerprint density at radius 2 is 1.85 bits per heavy atom. The zero-order chi connectivity index (χ0) is 24.2. The molecule has 0 unspecified atom stereocenters. The van der Waals surface area contributed by atoms with E-state index in [0.717, 1.165) is 16.7 Å². The highest BCUT2D eigenvalue weighted by Crippen LogP contribution is 2.29. The highest BCUT2D eigenvalue weighted by molar-refractivity contribution is 5.97. The van der Waals surface area contributed by atoms with E-state index in [2.05, 4.69) is 5.32 Å². The van der Waals surface area contributed by atoms with Crippen molar-refractivity contribution in [2.45, 2.75) is 52.3 Å². The van der Waals surface area contributed by atoms with Gasteiger partial charge in [-0.2, -0.15) is 0 Å². The van der Waals surface area contributed by atoms with Crippen molar-refractivity contribution in [2.75, 3.05) is 11.9 Å². The van der Waals surface area contributed by atoms with Crippen molar-refractivity contribution in [2.24, 2.45) is 0 Å². The zero-order valence-electron chi connectivity index (χ0n) is 19.2. The summed E-state index contributed by atoms with van der Waals surface area (Å²) in [5.41, 5.74) is 4.05. The summed E-state index contributed by atoms with van der Waals surface area (Å²) in [6.07, 6.45) is -0.298. The molecular weight excluding hydrogens is 426 g/mol. The number of aryl methyl sites for hydroxylation is 1. The minimum atomic E-state index is -0.765. The van der Waals surface area contributed by atoms with Gasteiger partial charge in [0.05, 0.1) is 6.54 Å². The van der Waals surface area contributed by atoms with E-state index in [1.807, 2.05) is 37.3 Å². The SMILES string of the molecule is Cc1ccccc1NC(=O)[C@@H]1Cc2ccc(OCC(=O)NO)cc2CN1C(=O)OC(C)(C)C. The van der Waals surface area contributed by atoms with Gasteiger partial charge in [-0.25, -0.2) is 10.3 Å². The quantitative estimate of drug-likeness (QED) is 0.471. The first-order valence-corrected chi connectivity index (χ1v) is 10.6. The van der Waals surface area contributed by atoms with Crippen LogP contribution >= 0.6 is 0 Å². The predicted molar refractivity (Wildman–Crippen MR) is 121 cm³/mol. The lowest BCUT2D eigenvalue weighted by Gasteiger charge is -2.37. The average molecular weight is 456 g/mol. The van der Waals surface area contributed by atoms with Gasteiger partial charge in [0.2, 0.25) is 5.91 Å². The number of para-hydroxylation sites is 1. The molecule has 0 saturated heterocycles. The Labute approximate surface area is 192 Å². The molecule has 1 aliphatic rings. The number of rotatable bonds is 5. The average Bonchev–Trinajstić information content (AvgIpc) is 2.76. The first-order valence-electron chi connectivity index (χ1n) is 10.6. The molecule has 3 amide bonds. The van der Waals surface area contributed by atoms with Crippen LogP contribution in [0.3, 0.4) is 0 Å². The number of hydrogen-bond donors (Lipinski definition) is 3. The highest BCUT2D eigenvalue weighted by Gasteiger charge is 2.37. The normalized spacial score (nSPS) is 15.3. The maximum absolute atomic E-state index is 13.2. The molecule has 3 rings (SSSR count). The lowest BCUT2D eigenvalue weighted by atomic mass is 9.93. The minimum absolute atomic E-state index is 0.138. The van der Waals surface area contributed by atoms with Gasteiger partial charge in [-0.3, -0.25) is 19.7 Å². The van der Waals surface area contributed by atoms with E-state index in [-0.39, 0.29) is 19.1 Å². The zero-order valence-corrected chi connectivity index (χ0v) is 19.2. The fourth-order valence-corrected chi connectivity index (χ4v) is 3.51. The second-order valence-electron chi connectivity index (χ2n) is 8.89. The number of carbonyl (C=O) groups excluding carboxylic acids is 3. The number of benzene rings is 2. The van der Waals surface area contributed by atoms with Crippen LogP contribution in [0.1, 0.15) is 37.5 Å². The summed E-state index contributed by atoms with van der Waals surface area (Å²) in [5, 5.41) is 11.5. The molecule has 0 aromatic heterocycles. The van der Waals surface area contributed by atoms with Crippen molar-refractivity contribution in [1.29, 1.82) is 0 Å². The molecule has 0 saturated carbocycles. The maximum atomic E-state index is 13.2. The molecule has 2 aromatic rings. The van der Waals surface area contributed by atoms with E-state index in [1.165, 1.54) is 10.4 Å². The summed E-state index contributed by atoms with van der Waals surface area (Å²) in [4.78, 5) is 38.9. The first-order chi connectivity index (χ1) is 15.6. The Bertz CT molecular complexity index is 1050. The minimum Gasteiger partial charge on any atom is -0.484 e. The fourth-order valence-electron chi connectivity index (χ4n) is 3.51. The van der Waals surface area contributed by atoms with Gasteiger partial charge in [0.15, 0.2) is 6.61 Å². The predicted octanol–water partition coefficient (Wildman–Crippen LogP) is 3.18. The summed E-state index contributed by atoms with van der Waals surface area (Å²) >= 11 is 0. The second-order valence-corrected chi connectivity index (χ2v) is 8.89. The smallest absolute Gasteiger partial charge is 0.411 e. The topological polar surface area (TPSA) is 117 Å². The van der Waals surface area contributed by atoms with E-state index >= 15 is 0 Å². The highest BCUT2D eigenvalue weighted by atomic mass is 16.6. The Hall–Kier alpha value is -3.59. The number of hydrogen-bond acceptors (Lipinski definition) is 6. The van der Waals surface area contributed by atoms with Gasteiger partial charge in [0.1, 0.15) is 17.4 Å². The van der Waals surface area contributed by atoms with Gasteiger partial charge in [0.25, 0.3) is 5.91 Å². The summed E-state index contributed by atoms with van der Waals surface area (Å²) in [6, 6.07) is 11.9. The Morgan fingerprint density at radius 1 is 1.12 bits per heavy atom.